The van der Waals surface area contributed by atoms with Crippen LogP contribution in [0.2, 0.25) is 0 Å². The van der Waals surface area contributed by atoms with Crippen LogP contribution in [0.1, 0.15) is 60.8 Å². The molecule has 0 bridgehead atoms. The Kier molecular flexibility index (Phi) is 7.20. The van der Waals surface area contributed by atoms with Gasteiger partial charge in [-0.3, -0.25) is 0 Å². The molecule has 0 fully saturated rings. The molecule has 0 nitrogen and oxygen atoms in total. The summed E-state index contributed by atoms with van der Waals surface area (Å²) in [6, 6.07) is 15.1. The number of alkyl halides is 6. The average molecular weight is 468 g/mol. The minimum Gasteiger partial charge on any atom is -0.207 e. The molecule has 3 rings (SSSR count). The quantitative estimate of drug-likeness (QED) is 0.316. The van der Waals surface area contributed by atoms with Gasteiger partial charge in [0.15, 0.2) is 0 Å². The second-order valence-corrected chi connectivity index (χ2v) is 8.31. The molecule has 2 unspecified atom stereocenters. The van der Waals surface area contributed by atoms with Crippen LogP contribution in [0, 0.1) is 5.82 Å². The lowest BCUT2D eigenvalue weighted by Crippen LogP contribution is -2.07. The van der Waals surface area contributed by atoms with Gasteiger partial charge in [-0.1, -0.05) is 56.3 Å². The molecule has 0 amide bonds. The third kappa shape index (κ3) is 6.15. The second kappa shape index (κ2) is 9.57. The van der Waals surface area contributed by atoms with Crippen LogP contribution in [-0.2, 0) is 12.4 Å². The Labute approximate surface area is 188 Å². The van der Waals surface area contributed by atoms with E-state index in [1.165, 1.54) is 18.2 Å². The van der Waals surface area contributed by atoms with E-state index in [0.29, 0.717) is 24.5 Å². The Morgan fingerprint density at radius 2 is 1.06 bits per heavy atom. The normalized spacial score (nSPS) is 14.2. The van der Waals surface area contributed by atoms with Crippen LogP contribution < -0.4 is 0 Å². The zero-order valence-electron chi connectivity index (χ0n) is 18.1. The molecule has 0 aliphatic heterocycles. The summed E-state index contributed by atoms with van der Waals surface area (Å²) in [5, 5.41) is 0. The minimum absolute atomic E-state index is 0.117. The number of hydrogen-bond acceptors (Lipinski definition) is 0. The van der Waals surface area contributed by atoms with Crippen molar-refractivity contribution < 1.29 is 30.7 Å². The molecule has 0 saturated heterocycles. The van der Waals surface area contributed by atoms with Crippen molar-refractivity contribution in [2.24, 2.45) is 0 Å². The van der Waals surface area contributed by atoms with E-state index < -0.39 is 29.3 Å². The summed E-state index contributed by atoms with van der Waals surface area (Å²) in [7, 11) is 0. The molecule has 0 heterocycles. The highest BCUT2D eigenvalue weighted by Crippen LogP contribution is 2.35. The lowest BCUT2D eigenvalue weighted by Gasteiger charge is -2.18. The summed E-state index contributed by atoms with van der Waals surface area (Å²) in [5.41, 5.74) is 1.04. The van der Waals surface area contributed by atoms with Crippen molar-refractivity contribution in [3.05, 3.63) is 94.8 Å². The Bertz CT molecular complexity index is 1060. The molecule has 0 aromatic heterocycles. The van der Waals surface area contributed by atoms with Gasteiger partial charge in [-0.2, -0.15) is 26.3 Å². The van der Waals surface area contributed by atoms with Crippen molar-refractivity contribution in [3.63, 3.8) is 0 Å². The predicted molar refractivity (Wildman–Crippen MR) is 114 cm³/mol. The van der Waals surface area contributed by atoms with Gasteiger partial charge in [0.2, 0.25) is 0 Å². The van der Waals surface area contributed by atoms with Crippen LogP contribution in [-0.4, -0.2) is 0 Å². The van der Waals surface area contributed by atoms with Gasteiger partial charge in [-0.15, -0.1) is 0 Å². The minimum atomic E-state index is -4.58. The number of halogens is 7. The van der Waals surface area contributed by atoms with E-state index in [2.05, 4.69) is 0 Å². The molecule has 7 heteroatoms. The molecule has 3 aromatic rings. The summed E-state index contributed by atoms with van der Waals surface area (Å²) < 4.78 is 90.6. The third-order valence-corrected chi connectivity index (χ3v) is 5.92. The smallest absolute Gasteiger partial charge is 0.207 e. The van der Waals surface area contributed by atoms with Crippen molar-refractivity contribution in [1.82, 2.24) is 0 Å². The van der Waals surface area contributed by atoms with Crippen LogP contribution in [0.25, 0.3) is 11.1 Å². The Hall–Kier alpha value is -2.83. The fraction of sp³-hybridized carbons (Fsp3) is 0.308. The van der Waals surface area contributed by atoms with Crippen molar-refractivity contribution in [2.45, 2.75) is 50.9 Å². The van der Waals surface area contributed by atoms with Crippen LogP contribution in [0.4, 0.5) is 30.7 Å². The molecule has 0 saturated carbocycles. The summed E-state index contributed by atoms with van der Waals surface area (Å²) in [6.45, 7) is 3.79. The van der Waals surface area contributed by atoms with E-state index in [1.54, 1.807) is 6.92 Å². The standard InChI is InChI=1S/C26H23F7/c1-16(3-4-17(2)23-14-13-22(15-24(23)27)26(31,32)33)18-5-7-19(8-6-18)20-9-11-21(12-10-20)25(28,29)30/h5-17H,3-4H2,1-2H3. The van der Waals surface area contributed by atoms with Gasteiger partial charge in [0.25, 0.3) is 0 Å². The zero-order chi connectivity index (χ0) is 24.4. The Balaban J connectivity index is 1.62. The Morgan fingerprint density at radius 1 is 0.606 bits per heavy atom. The molecule has 2 atom stereocenters. The van der Waals surface area contributed by atoms with Crippen LogP contribution in [0.15, 0.2) is 66.7 Å². The molecule has 0 spiro atoms. The van der Waals surface area contributed by atoms with Gasteiger partial charge < -0.3 is 0 Å². The topological polar surface area (TPSA) is 0 Å². The van der Waals surface area contributed by atoms with Crippen LogP contribution in [0.5, 0.6) is 0 Å². The van der Waals surface area contributed by atoms with E-state index in [9.17, 15) is 30.7 Å². The Morgan fingerprint density at radius 3 is 1.55 bits per heavy atom. The number of hydrogen-bond donors (Lipinski definition) is 0. The van der Waals surface area contributed by atoms with E-state index >= 15 is 0 Å². The van der Waals surface area contributed by atoms with E-state index in [1.807, 2.05) is 31.2 Å². The molecule has 0 radical (unpaired) electrons. The first-order valence-corrected chi connectivity index (χ1v) is 10.5. The van der Waals surface area contributed by atoms with Gasteiger partial charge >= 0.3 is 12.4 Å². The fourth-order valence-electron chi connectivity index (χ4n) is 3.78. The predicted octanol–water partition coefficient (Wildman–Crippen LogP) is 9.22. The maximum absolute atomic E-state index is 14.2. The monoisotopic (exact) mass is 468 g/mol. The molecular weight excluding hydrogens is 445 g/mol. The highest BCUT2D eigenvalue weighted by atomic mass is 19.4. The number of benzene rings is 3. The van der Waals surface area contributed by atoms with Gasteiger partial charge in [0, 0.05) is 0 Å². The van der Waals surface area contributed by atoms with E-state index in [-0.39, 0.29) is 17.4 Å². The molecule has 3 aromatic carbocycles. The fourth-order valence-corrected chi connectivity index (χ4v) is 3.78. The van der Waals surface area contributed by atoms with Crippen LogP contribution in [0.3, 0.4) is 0 Å². The zero-order valence-corrected chi connectivity index (χ0v) is 18.1. The average Bonchev–Trinajstić information content (AvgIpc) is 2.76. The molecule has 0 aliphatic rings. The summed E-state index contributed by atoms with van der Waals surface area (Å²) in [5.74, 6) is -0.987. The van der Waals surface area contributed by atoms with Crippen LogP contribution >= 0.6 is 0 Å². The molecule has 33 heavy (non-hydrogen) atoms. The first kappa shape index (κ1) is 24.8. The van der Waals surface area contributed by atoms with Crippen molar-refractivity contribution in [3.8, 4) is 11.1 Å². The highest BCUT2D eigenvalue weighted by molar-refractivity contribution is 5.64. The van der Waals surface area contributed by atoms with Gasteiger partial charge in [-0.05, 0) is 71.2 Å². The highest BCUT2D eigenvalue weighted by Gasteiger charge is 2.31. The van der Waals surface area contributed by atoms with Gasteiger partial charge in [0.1, 0.15) is 5.82 Å². The molecule has 176 valence electrons. The largest absolute Gasteiger partial charge is 0.416 e. The summed E-state index contributed by atoms with van der Waals surface area (Å²) in [4.78, 5) is 0. The molecule has 0 aliphatic carbocycles. The molecule has 0 N–H and O–H groups in total. The maximum atomic E-state index is 14.2. The molecular formula is C26H23F7. The third-order valence-electron chi connectivity index (χ3n) is 5.92. The SMILES string of the molecule is CC(CCC(C)c1ccc(C(F)(F)F)cc1F)c1ccc(-c2ccc(C(F)(F)F)cc2)cc1. The maximum Gasteiger partial charge on any atom is 0.416 e. The van der Waals surface area contributed by atoms with Gasteiger partial charge in [0.05, 0.1) is 11.1 Å². The summed E-state index contributed by atoms with van der Waals surface area (Å²) in [6.07, 6.45) is -7.67. The first-order chi connectivity index (χ1) is 15.4. The number of rotatable bonds is 6. The van der Waals surface area contributed by atoms with Crippen molar-refractivity contribution >= 4 is 0 Å². The van der Waals surface area contributed by atoms with Crippen molar-refractivity contribution in [2.75, 3.05) is 0 Å². The lowest BCUT2D eigenvalue weighted by molar-refractivity contribution is -0.138. The lowest BCUT2D eigenvalue weighted by atomic mass is 9.88. The summed E-state index contributed by atoms with van der Waals surface area (Å²) >= 11 is 0. The van der Waals surface area contributed by atoms with E-state index in [0.717, 1.165) is 29.3 Å². The van der Waals surface area contributed by atoms with Crippen molar-refractivity contribution in [1.29, 1.82) is 0 Å². The van der Waals surface area contributed by atoms with Gasteiger partial charge in [-0.25, -0.2) is 4.39 Å². The second-order valence-electron chi connectivity index (χ2n) is 8.31. The first-order valence-electron chi connectivity index (χ1n) is 10.5. The van der Waals surface area contributed by atoms with E-state index in [4.69, 9.17) is 0 Å².